The van der Waals surface area contributed by atoms with Crippen LogP contribution in [0.2, 0.25) is 0 Å². The van der Waals surface area contributed by atoms with Crippen molar-refractivity contribution in [2.45, 2.75) is 31.2 Å². The lowest BCUT2D eigenvalue weighted by molar-refractivity contribution is 0.0273. The van der Waals surface area contributed by atoms with E-state index in [1.165, 1.54) is 44.5 Å². The zero-order chi connectivity index (χ0) is 8.73. The van der Waals surface area contributed by atoms with Crippen molar-refractivity contribution in [3.63, 3.8) is 0 Å². The second-order valence-electron chi connectivity index (χ2n) is 4.32. The maximum absolute atomic E-state index is 4.07. The lowest BCUT2D eigenvalue weighted by Gasteiger charge is -2.48. The van der Waals surface area contributed by atoms with Gasteiger partial charge >= 0.3 is 0 Å². The summed E-state index contributed by atoms with van der Waals surface area (Å²) in [4.78, 5) is 9.91. The van der Waals surface area contributed by atoms with Gasteiger partial charge in [0.25, 0.3) is 0 Å². The Labute approximate surface area is 78.2 Å². The van der Waals surface area contributed by atoms with E-state index in [2.05, 4.69) is 14.9 Å². The van der Waals surface area contributed by atoms with Gasteiger partial charge in [0, 0.05) is 30.4 Å². The molecule has 3 rings (SSSR count). The smallest absolute Gasteiger partial charge is 0.0921 e. The van der Waals surface area contributed by atoms with Crippen molar-refractivity contribution in [3.8, 4) is 0 Å². The summed E-state index contributed by atoms with van der Waals surface area (Å²) in [5.41, 5.74) is 1.82. The van der Waals surface area contributed by atoms with Gasteiger partial charge in [-0.15, -0.1) is 0 Å². The van der Waals surface area contributed by atoms with Crippen LogP contribution in [0, 0.1) is 0 Å². The molecule has 70 valence electrons. The Balaban J connectivity index is 1.78. The van der Waals surface area contributed by atoms with Crippen LogP contribution in [-0.2, 0) is 6.42 Å². The minimum absolute atomic E-state index is 0.520. The van der Waals surface area contributed by atoms with E-state index >= 15 is 0 Å². The number of hydrogen-bond donors (Lipinski definition) is 1. The van der Waals surface area contributed by atoms with Crippen molar-refractivity contribution in [1.82, 2.24) is 14.9 Å². The summed E-state index contributed by atoms with van der Waals surface area (Å²) in [6.45, 7) is 2.63. The van der Waals surface area contributed by atoms with E-state index in [9.17, 15) is 0 Å². The molecule has 13 heavy (non-hydrogen) atoms. The lowest BCUT2D eigenvalue weighted by Crippen LogP contribution is -2.56. The number of imidazole rings is 1. The molecule has 1 unspecified atom stereocenters. The first-order valence-electron chi connectivity index (χ1n) is 5.11. The molecule has 0 bridgehead atoms. The molecule has 0 aromatic carbocycles. The van der Waals surface area contributed by atoms with Gasteiger partial charge in [-0.05, 0) is 25.8 Å². The molecule has 2 fully saturated rings. The monoisotopic (exact) mass is 177 g/mol. The Bertz CT molecular complexity index is 293. The van der Waals surface area contributed by atoms with Crippen molar-refractivity contribution in [2.75, 3.05) is 13.1 Å². The average Bonchev–Trinajstić information content (AvgIpc) is 2.68. The van der Waals surface area contributed by atoms with Gasteiger partial charge in [0.1, 0.15) is 0 Å². The fraction of sp³-hybridized carbons (Fsp3) is 0.700. The summed E-state index contributed by atoms with van der Waals surface area (Å²) in [5, 5.41) is 0. The molecule has 0 spiro atoms. The highest BCUT2D eigenvalue weighted by molar-refractivity contribution is 5.11. The Kier molecular flexibility index (Phi) is 1.50. The van der Waals surface area contributed by atoms with Gasteiger partial charge in [-0.3, -0.25) is 4.90 Å². The predicted molar refractivity (Wildman–Crippen MR) is 50.4 cm³/mol. The van der Waals surface area contributed by atoms with Crippen LogP contribution in [0.3, 0.4) is 0 Å². The minimum atomic E-state index is 0.520. The van der Waals surface area contributed by atoms with Crippen LogP contribution < -0.4 is 0 Å². The van der Waals surface area contributed by atoms with E-state index in [0.29, 0.717) is 5.54 Å². The first kappa shape index (κ1) is 7.56. The molecule has 3 heteroatoms. The van der Waals surface area contributed by atoms with E-state index in [0.717, 1.165) is 0 Å². The van der Waals surface area contributed by atoms with Gasteiger partial charge in [0.05, 0.1) is 6.33 Å². The van der Waals surface area contributed by atoms with Crippen LogP contribution in [0.5, 0.6) is 0 Å². The zero-order valence-corrected chi connectivity index (χ0v) is 7.79. The van der Waals surface area contributed by atoms with Crippen LogP contribution in [-0.4, -0.2) is 33.5 Å². The van der Waals surface area contributed by atoms with Crippen LogP contribution in [0.15, 0.2) is 12.5 Å². The third-order valence-electron chi connectivity index (χ3n) is 3.66. The van der Waals surface area contributed by atoms with Crippen molar-refractivity contribution in [1.29, 1.82) is 0 Å². The van der Waals surface area contributed by atoms with Gasteiger partial charge in [-0.25, -0.2) is 4.98 Å². The topological polar surface area (TPSA) is 31.9 Å². The predicted octanol–water partition coefficient (Wildman–Crippen LogP) is 1.19. The molecule has 2 saturated heterocycles. The lowest BCUT2D eigenvalue weighted by atomic mass is 9.81. The number of nitrogens with one attached hydrogen (secondary N) is 1. The van der Waals surface area contributed by atoms with Crippen molar-refractivity contribution in [3.05, 3.63) is 18.2 Å². The van der Waals surface area contributed by atoms with E-state index in [1.54, 1.807) is 6.33 Å². The van der Waals surface area contributed by atoms with E-state index in [1.807, 2.05) is 6.20 Å². The molecule has 1 aromatic heterocycles. The van der Waals surface area contributed by atoms with Gasteiger partial charge < -0.3 is 4.98 Å². The normalized spacial score (nSPS) is 32.9. The van der Waals surface area contributed by atoms with Crippen molar-refractivity contribution in [2.24, 2.45) is 0 Å². The second kappa shape index (κ2) is 2.58. The molecule has 2 aliphatic heterocycles. The molecule has 2 aliphatic rings. The molecule has 0 saturated carbocycles. The fourth-order valence-electron chi connectivity index (χ4n) is 2.84. The number of rotatable bonds is 2. The van der Waals surface area contributed by atoms with Crippen molar-refractivity contribution >= 4 is 0 Å². The highest BCUT2D eigenvalue weighted by atomic mass is 15.3. The summed E-state index contributed by atoms with van der Waals surface area (Å²) in [6, 6.07) is 0. The third-order valence-corrected chi connectivity index (χ3v) is 3.66. The maximum Gasteiger partial charge on any atom is 0.0921 e. The Hall–Kier alpha value is -0.830. The zero-order valence-electron chi connectivity index (χ0n) is 7.79. The summed E-state index contributed by atoms with van der Waals surface area (Å²) in [5.74, 6) is 0. The Morgan fingerprint density at radius 2 is 2.46 bits per heavy atom. The number of nitrogens with zero attached hydrogens (tertiary/aromatic N) is 2. The summed E-state index contributed by atoms with van der Waals surface area (Å²) >= 11 is 0. The molecule has 3 heterocycles. The number of H-pyrrole nitrogens is 1. The standard InChI is InChI=1S/C10H15N3/c1-2-10(3-5-13(10)4-1)6-9-7-11-8-12-9/h7-8H,1-6H2,(H,11,12). The van der Waals surface area contributed by atoms with Gasteiger partial charge in [-0.1, -0.05) is 0 Å². The minimum Gasteiger partial charge on any atom is -0.348 e. The molecule has 1 atom stereocenters. The quantitative estimate of drug-likeness (QED) is 0.736. The van der Waals surface area contributed by atoms with Crippen LogP contribution >= 0.6 is 0 Å². The van der Waals surface area contributed by atoms with Crippen molar-refractivity contribution < 1.29 is 0 Å². The summed E-state index contributed by atoms with van der Waals surface area (Å²) in [7, 11) is 0. The number of hydrogen-bond acceptors (Lipinski definition) is 2. The largest absolute Gasteiger partial charge is 0.348 e. The summed E-state index contributed by atoms with van der Waals surface area (Å²) in [6.07, 6.45) is 9.06. The number of aromatic nitrogens is 2. The maximum atomic E-state index is 4.07. The molecule has 0 radical (unpaired) electrons. The first-order chi connectivity index (χ1) is 6.39. The number of fused-ring (bicyclic) bond motifs is 1. The van der Waals surface area contributed by atoms with Crippen LogP contribution in [0.25, 0.3) is 0 Å². The number of aromatic amines is 1. The Morgan fingerprint density at radius 1 is 1.46 bits per heavy atom. The van der Waals surface area contributed by atoms with E-state index < -0.39 is 0 Å². The fourth-order valence-corrected chi connectivity index (χ4v) is 2.84. The SMILES string of the molecule is c1ncc(CC23CCCN2CC3)[nH]1. The van der Waals surface area contributed by atoms with Gasteiger partial charge in [0.2, 0.25) is 0 Å². The molecular formula is C10H15N3. The highest BCUT2D eigenvalue weighted by Crippen LogP contribution is 2.42. The van der Waals surface area contributed by atoms with E-state index in [-0.39, 0.29) is 0 Å². The Morgan fingerprint density at radius 3 is 3.08 bits per heavy atom. The van der Waals surface area contributed by atoms with E-state index in [4.69, 9.17) is 0 Å². The van der Waals surface area contributed by atoms with Crippen LogP contribution in [0.4, 0.5) is 0 Å². The van der Waals surface area contributed by atoms with Gasteiger partial charge in [0.15, 0.2) is 0 Å². The molecule has 0 amide bonds. The summed E-state index contributed by atoms with van der Waals surface area (Å²) < 4.78 is 0. The third kappa shape index (κ3) is 1.03. The molecule has 0 aliphatic carbocycles. The molecular weight excluding hydrogens is 162 g/mol. The molecule has 3 nitrogen and oxygen atoms in total. The molecule has 1 aromatic rings. The highest BCUT2D eigenvalue weighted by Gasteiger charge is 2.47. The second-order valence-corrected chi connectivity index (χ2v) is 4.32. The molecule has 1 N–H and O–H groups in total. The van der Waals surface area contributed by atoms with Gasteiger partial charge in [-0.2, -0.15) is 0 Å². The average molecular weight is 177 g/mol. The first-order valence-corrected chi connectivity index (χ1v) is 5.11. The van der Waals surface area contributed by atoms with Crippen LogP contribution in [0.1, 0.15) is 25.0 Å².